The number of esters is 1. The van der Waals surface area contributed by atoms with Crippen LogP contribution in [0.15, 0.2) is 12.7 Å². The van der Waals surface area contributed by atoms with E-state index in [9.17, 15) is 4.79 Å². The Hall–Kier alpha value is -0.790. The number of hydrogen-bond acceptors (Lipinski definition) is 2. The minimum absolute atomic E-state index is 0.300. The van der Waals surface area contributed by atoms with Crippen LogP contribution in [0, 0.1) is 17.8 Å². The smallest absolute Gasteiger partial charge is 0.330 e. The lowest BCUT2D eigenvalue weighted by atomic mass is 9.77. The van der Waals surface area contributed by atoms with Crippen molar-refractivity contribution in [2.75, 3.05) is 6.61 Å². The van der Waals surface area contributed by atoms with Crippen LogP contribution in [0.3, 0.4) is 0 Å². The van der Waals surface area contributed by atoms with Gasteiger partial charge in [0.05, 0.1) is 6.61 Å². The Kier molecular flexibility index (Phi) is 4.86. The monoisotopic (exact) mass is 210 g/mol. The van der Waals surface area contributed by atoms with E-state index in [-0.39, 0.29) is 5.97 Å². The summed E-state index contributed by atoms with van der Waals surface area (Å²) in [4.78, 5) is 10.9. The highest BCUT2D eigenvalue weighted by atomic mass is 16.5. The molecular formula is C13H22O2. The van der Waals surface area contributed by atoms with Gasteiger partial charge in [0, 0.05) is 6.08 Å². The molecule has 0 heterocycles. The SMILES string of the molecule is C=CC(=O)OCC(C)C1CCC(C)CC1. The lowest BCUT2D eigenvalue weighted by Crippen LogP contribution is -2.23. The number of ether oxygens (including phenoxy) is 1. The molecular weight excluding hydrogens is 188 g/mol. The van der Waals surface area contributed by atoms with E-state index in [2.05, 4.69) is 20.4 Å². The normalized spacial score (nSPS) is 28.1. The zero-order chi connectivity index (χ0) is 11.3. The molecule has 0 bridgehead atoms. The Bertz CT molecular complexity index is 215. The van der Waals surface area contributed by atoms with Crippen LogP contribution in [0.4, 0.5) is 0 Å². The van der Waals surface area contributed by atoms with Gasteiger partial charge < -0.3 is 4.74 Å². The third-order valence-corrected chi connectivity index (χ3v) is 3.52. The van der Waals surface area contributed by atoms with Crippen molar-refractivity contribution in [1.82, 2.24) is 0 Å². The molecule has 0 aliphatic heterocycles. The summed E-state index contributed by atoms with van der Waals surface area (Å²) in [6.45, 7) is 8.43. The second-order valence-corrected chi connectivity index (χ2v) is 4.83. The summed E-state index contributed by atoms with van der Waals surface area (Å²) in [5, 5.41) is 0. The number of carbonyl (C=O) groups is 1. The molecule has 0 aromatic carbocycles. The molecule has 15 heavy (non-hydrogen) atoms. The molecule has 1 fully saturated rings. The fourth-order valence-corrected chi connectivity index (χ4v) is 2.26. The van der Waals surface area contributed by atoms with Gasteiger partial charge in [0.15, 0.2) is 0 Å². The number of carbonyl (C=O) groups excluding carboxylic acids is 1. The van der Waals surface area contributed by atoms with Gasteiger partial charge in [-0.1, -0.05) is 33.3 Å². The van der Waals surface area contributed by atoms with E-state index in [0.29, 0.717) is 12.5 Å². The second-order valence-electron chi connectivity index (χ2n) is 4.83. The summed E-state index contributed by atoms with van der Waals surface area (Å²) < 4.78 is 5.08. The highest BCUT2D eigenvalue weighted by Crippen LogP contribution is 2.33. The molecule has 1 aliphatic rings. The molecule has 1 atom stereocenters. The standard InChI is InChI=1S/C13H22O2/c1-4-13(14)15-9-11(3)12-7-5-10(2)6-8-12/h4,10-12H,1,5-9H2,2-3H3. The van der Waals surface area contributed by atoms with E-state index in [1.807, 2.05) is 0 Å². The van der Waals surface area contributed by atoms with Crippen LogP contribution >= 0.6 is 0 Å². The van der Waals surface area contributed by atoms with Crippen molar-refractivity contribution in [1.29, 1.82) is 0 Å². The zero-order valence-corrected chi connectivity index (χ0v) is 9.87. The molecule has 1 saturated carbocycles. The van der Waals surface area contributed by atoms with Gasteiger partial charge in [-0.05, 0) is 30.6 Å². The molecule has 1 rings (SSSR count). The average molecular weight is 210 g/mol. The maximum atomic E-state index is 10.9. The van der Waals surface area contributed by atoms with E-state index >= 15 is 0 Å². The topological polar surface area (TPSA) is 26.3 Å². The highest BCUT2D eigenvalue weighted by Gasteiger charge is 2.23. The van der Waals surface area contributed by atoms with Gasteiger partial charge in [-0.25, -0.2) is 4.79 Å². The molecule has 86 valence electrons. The maximum Gasteiger partial charge on any atom is 0.330 e. The van der Waals surface area contributed by atoms with E-state index in [1.54, 1.807) is 0 Å². The van der Waals surface area contributed by atoms with E-state index in [0.717, 1.165) is 11.8 Å². The first kappa shape index (κ1) is 12.3. The predicted molar refractivity (Wildman–Crippen MR) is 61.4 cm³/mol. The second kappa shape index (κ2) is 5.94. The lowest BCUT2D eigenvalue weighted by Gasteiger charge is -2.30. The molecule has 1 unspecified atom stereocenters. The van der Waals surface area contributed by atoms with Gasteiger partial charge in [0.2, 0.25) is 0 Å². The molecule has 0 radical (unpaired) electrons. The Morgan fingerprint density at radius 1 is 1.47 bits per heavy atom. The molecule has 0 aromatic heterocycles. The van der Waals surface area contributed by atoms with Crippen LogP contribution in [-0.2, 0) is 9.53 Å². The first-order valence-corrected chi connectivity index (χ1v) is 5.92. The van der Waals surface area contributed by atoms with Crippen LogP contribution in [0.25, 0.3) is 0 Å². The Morgan fingerprint density at radius 2 is 2.07 bits per heavy atom. The Labute approximate surface area is 92.7 Å². The predicted octanol–water partition coefficient (Wildman–Crippen LogP) is 3.18. The van der Waals surface area contributed by atoms with Gasteiger partial charge in [-0.15, -0.1) is 0 Å². The molecule has 0 spiro atoms. The van der Waals surface area contributed by atoms with Crippen molar-refractivity contribution in [2.45, 2.75) is 39.5 Å². The fourth-order valence-electron chi connectivity index (χ4n) is 2.26. The summed E-state index contributed by atoms with van der Waals surface area (Å²) >= 11 is 0. The van der Waals surface area contributed by atoms with Crippen molar-refractivity contribution in [3.63, 3.8) is 0 Å². The van der Waals surface area contributed by atoms with Gasteiger partial charge in [0.25, 0.3) is 0 Å². The minimum Gasteiger partial charge on any atom is -0.462 e. The van der Waals surface area contributed by atoms with Crippen LogP contribution in [0.2, 0.25) is 0 Å². The average Bonchev–Trinajstić information content (AvgIpc) is 2.26. The third-order valence-electron chi connectivity index (χ3n) is 3.52. The van der Waals surface area contributed by atoms with Crippen LogP contribution in [0.5, 0.6) is 0 Å². The summed E-state index contributed by atoms with van der Waals surface area (Å²) in [6.07, 6.45) is 6.45. The van der Waals surface area contributed by atoms with E-state index in [1.165, 1.54) is 31.8 Å². The zero-order valence-electron chi connectivity index (χ0n) is 9.87. The van der Waals surface area contributed by atoms with Crippen molar-refractivity contribution >= 4 is 5.97 Å². The van der Waals surface area contributed by atoms with Crippen molar-refractivity contribution in [2.24, 2.45) is 17.8 Å². The molecule has 1 aliphatic carbocycles. The van der Waals surface area contributed by atoms with E-state index < -0.39 is 0 Å². The van der Waals surface area contributed by atoms with Gasteiger partial charge in [0.1, 0.15) is 0 Å². The van der Waals surface area contributed by atoms with Crippen LogP contribution < -0.4 is 0 Å². The Balaban J connectivity index is 2.24. The maximum absolute atomic E-state index is 10.9. The fraction of sp³-hybridized carbons (Fsp3) is 0.769. The lowest BCUT2D eigenvalue weighted by molar-refractivity contribution is -0.139. The first-order chi connectivity index (χ1) is 7.13. The van der Waals surface area contributed by atoms with E-state index in [4.69, 9.17) is 4.74 Å². The summed E-state index contributed by atoms with van der Waals surface area (Å²) in [7, 11) is 0. The largest absolute Gasteiger partial charge is 0.462 e. The van der Waals surface area contributed by atoms with Crippen molar-refractivity contribution in [3.05, 3.63) is 12.7 Å². The summed E-state index contributed by atoms with van der Waals surface area (Å²) in [6, 6.07) is 0. The molecule has 0 N–H and O–H groups in total. The van der Waals surface area contributed by atoms with Gasteiger partial charge in [-0.3, -0.25) is 0 Å². The van der Waals surface area contributed by atoms with Crippen LogP contribution in [0.1, 0.15) is 39.5 Å². The molecule has 0 amide bonds. The van der Waals surface area contributed by atoms with Gasteiger partial charge in [-0.2, -0.15) is 0 Å². The van der Waals surface area contributed by atoms with Crippen molar-refractivity contribution in [3.8, 4) is 0 Å². The molecule has 0 aromatic rings. The number of hydrogen-bond donors (Lipinski definition) is 0. The summed E-state index contributed by atoms with van der Waals surface area (Å²) in [5.74, 6) is 1.80. The highest BCUT2D eigenvalue weighted by molar-refractivity contribution is 5.81. The molecule has 0 saturated heterocycles. The quantitative estimate of drug-likeness (QED) is 0.526. The molecule has 2 heteroatoms. The molecule has 2 nitrogen and oxygen atoms in total. The minimum atomic E-state index is -0.300. The third kappa shape index (κ3) is 4.06. The summed E-state index contributed by atoms with van der Waals surface area (Å²) in [5.41, 5.74) is 0. The van der Waals surface area contributed by atoms with Crippen molar-refractivity contribution < 1.29 is 9.53 Å². The first-order valence-electron chi connectivity index (χ1n) is 5.92. The number of rotatable bonds is 4. The van der Waals surface area contributed by atoms with Crippen LogP contribution in [-0.4, -0.2) is 12.6 Å². The Morgan fingerprint density at radius 3 is 2.60 bits per heavy atom. The van der Waals surface area contributed by atoms with Gasteiger partial charge >= 0.3 is 5.97 Å².